The molecule has 1 saturated heterocycles. The Kier molecular flexibility index (Phi) is 5.12. The molecule has 0 saturated carbocycles. The molecule has 3 rings (SSSR count). The second-order valence-corrected chi connectivity index (χ2v) is 8.62. The first kappa shape index (κ1) is 17.3. The maximum atomic E-state index is 12.7. The van der Waals surface area contributed by atoms with Crippen molar-refractivity contribution in [3.8, 4) is 0 Å². The summed E-state index contributed by atoms with van der Waals surface area (Å²) in [6.45, 7) is 3.93. The molecule has 0 unspecified atom stereocenters. The van der Waals surface area contributed by atoms with Crippen LogP contribution in [-0.4, -0.2) is 41.6 Å². The van der Waals surface area contributed by atoms with Gasteiger partial charge in [-0.1, -0.05) is 34.1 Å². The number of nitrogens with one attached hydrogen (secondary N) is 2. The number of quaternary nitrogens is 1. The van der Waals surface area contributed by atoms with Gasteiger partial charge in [0.2, 0.25) is 0 Å². The van der Waals surface area contributed by atoms with E-state index in [0.29, 0.717) is 5.69 Å². The van der Waals surface area contributed by atoms with E-state index >= 15 is 0 Å². The van der Waals surface area contributed by atoms with Crippen LogP contribution in [0.5, 0.6) is 0 Å². The van der Waals surface area contributed by atoms with Crippen molar-refractivity contribution < 1.29 is 13.3 Å². The highest BCUT2D eigenvalue weighted by Crippen LogP contribution is 2.28. The molecule has 2 aromatic carbocycles. The summed E-state index contributed by atoms with van der Waals surface area (Å²) >= 11 is 3.32. The molecule has 0 bridgehead atoms. The minimum absolute atomic E-state index is 0.245. The molecule has 0 radical (unpaired) electrons. The van der Waals surface area contributed by atoms with Crippen molar-refractivity contribution in [3.05, 3.63) is 53.0 Å². The van der Waals surface area contributed by atoms with Gasteiger partial charge in [0.1, 0.15) is 0 Å². The molecule has 1 aliphatic rings. The SMILES string of the molecule is C[NH+]1CCN(c2ccccc2NS(=O)(=O)c2cccc(Br)c2)CC1. The highest BCUT2D eigenvalue weighted by atomic mass is 79.9. The van der Waals surface area contributed by atoms with Gasteiger partial charge in [0.25, 0.3) is 10.0 Å². The van der Waals surface area contributed by atoms with Crippen molar-refractivity contribution in [1.82, 2.24) is 0 Å². The van der Waals surface area contributed by atoms with Gasteiger partial charge in [0, 0.05) is 4.47 Å². The Bertz CT molecular complexity index is 818. The van der Waals surface area contributed by atoms with Gasteiger partial charge in [-0.25, -0.2) is 8.42 Å². The number of rotatable bonds is 4. The summed E-state index contributed by atoms with van der Waals surface area (Å²) in [6, 6.07) is 14.3. The van der Waals surface area contributed by atoms with Crippen LogP contribution in [0.4, 0.5) is 11.4 Å². The third-order valence-electron chi connectivity index (χ3n) is 4.21. The fourth-order valence-corrected chi connectivity index (χ4v) is 4.47. The van der Waals surface area contributed by atoms with Crippen LogP contribution in [0.1, 0.15) is 0 Å². The predicted octanol–water partition coefficient (Wildman–Crippen LogP) is 1.58. The van der Waals surface area contributed by atoms with Crippen LogP contribution >= 0.6 is 15.9 Å². The second-order valence-electron chi connectivity index (χ2n) is 6.02. The Hall–Kier alpha value is -1.57. The molecule has 0 aliphatic carbocycles. The van der Waals surface area contributed by atoms with Crippen molar-refractivity contribution >= 4 is 37.3 Å². The number of piperazine rings is 1. The van der Waals surface area contributed by atoms with Crippen LogP contribution in [0, 0.1) is 0 Å². The summed E-state index contributed by atoms with van der Waals surface area (Å²) in [5.41, 5.74) is 1.56. The summed E-state index contributed by atoms with van der Waals surface area (Å²) in [6.07, 6.45) is 0. The highest BCUT2D eigenvalue weighted by Gasteiger charge is 2.22. The molecular weight excluding hydrogens is 390 g/mol. The van der Waals surface area contributed by atoms with Crippen molar-refractivity contribution in [1.29, 1.82) is 0 Å². The summed E-state index contributed by atoms with van der Waals surface area (Å²) in [5.74, 6) is 0. The van der Waals surface area contributed by atoms with Gasteiger partial charge in [-0.15, -0.1) is 0 Å². The molecule has 0 aromatic heterocycles. The number of sulfonamides is 1. The molecule has 7 heteroatoms. The number of nitrogens with zero attached hydrogens (tertiary/aromatic N) is 1. The van der Waals surface area contributed by atoms with E-state index in [1.165, 1.54) is 4.90 Å². The first-order valence-corrected chi connectivity index (χ1v) is 10.2. The van der Waals surface area contributed by atoms with Crippen LogP contribution in [0.15, 0.2) is 57.9 Å². The van der Waals surface area contributed by atoms with Crippen molar-refractivity contribution in [2.75, 3.05) is 42.8 Å². The molecule has 2 aromatic rings. The number of likely N-dealkylation sites (N-methyl/N-ethyl adjacent to an activating group) is 1. The largest absolute Gasteiger partial charge is 0.359 e. The maximum absolute atomic E-state index is 12.7. The number of hydrogen-bond acceptors (Lipinski definition) is 3. The van der Waals surface area contributed by atoms with Gasteiger partial charge in [0.05, 0.1) is 49.5 Å². The van der Waals surface area contributed by atoms with Crippen LogP contribution in [0.25, 0.3) is 0 Å². The number of hydrogen-bond donors (Lipinski definition) is 2. The Labute approximate surface area is 151 Å². The average molecular weight is 411 g/mol. The highest BCUT2D eigenvalue weighted by molar-refractivity contribution is 9.10. The lowest BCUT2D eigenvalue weighted by atomic mass is 10.2. The van der Waals surface area contributed by atoms with Crippen molar-refractivity contribution in [3.63, 3.8) is 0 Å². The summed E-state index contributed by atoms with van der Waals surface area (Å²) < 4.78 is 28.9. The van der Waals surface area contributed by atoms with Crippen LogP contribution in [0.3, 0.4) is 0 Å². The molecule has 5 nitrogen and oxygen atoms in total. The maximum Gasteiger partial charge on any atom is 0.262 e. The van der Waals surface area contributed by atoms with Crippen molar-refractivity contribution in [2.45, 2.75) is 4.90 Å². The summed E-state index contributed by atoms with van der Waals surface area (Å²) in [7, 11) is -1.44. The lowest BCUT2D eigenvalue weighted by Crippen LogP contribution is -3.12. The van der Waals surface area contributed by atoms with Gasteiger partial charge in [-0.2, -0.15) is 0 Å². The standard InChI is InChI=1S/C17H20BrN3O2S/c1-20-9-11-21(12-10-20)17-8-3-2-7-16(17)19-24(22,23)15-6-4-5-14(18)13-15/h2-8,13,19H,9-12H2,1H3/p+1. The number of anilines is 2. The monoisotopic (exact) mass is 410 g/mol. The van der Waals surface area contributed by atoms with Gasteiger partial charge in [-0.05, 0) is 30.3 Å². The van der Waals surface area contributed by atoms with E-state index in [4.69, 9.17) is 0 Å². The average Bonchev–Trinajstić information content (AvgIpc) is 2.56. The van der Waals surface area contributed by atoms with E-state index in [0.717, 1.165) is 36.3 Å². The predicted molar refractivity (Wildman–Crippen MR) is 100 cm³/mol. The van der Waals surface area contributed by atoms with E-state index in [9.17, 15) is 8.42 Å². The van der Waals surface area contributed by atoms with Crippen molar-refractivity contribution in [2.24, 2.45) is 0 Å². The quantitative estimate of drug-likeness (QED) is 0.804. The fourth-order valence-electron chi connectivity index (χ4n) is 2.80. The normalized spacial score (nSPS) is 16.2. The lowest BCUT2D eigenvalue weighted by Gasteiger charge is -2.33. The van der Waals surface area contributed by atoms with E-state index in [1.54, 1.807) is 24.3 Å². The van der Waals surface area contributed by atoms with Gasteiger partial charge >= 0.3 is 0 Å². The first-order chi connectivity index (χ1) is 11.5. The Balaban J connectivity index is 1.88. The van der Waals surface area contributed by atoms with Crippen LogP contribution < -0.4 is 14.5 Å². The molecular formula is C17H21BrN3O2S+. The Morgan fingerprint density at radius 2 is 1.79 bits per heavy atom. The van der Waals surface area contributed by atoms with Crippen LogP contribution in [-0.2, 0) is 10.0 Å². The zero-order chi connectivity index (χ0) is 17.2. The van der Waals surface area contributed by atoms with E-state index in [2.05, 4.69) is 32.6 Å². The van der Waals surface area contributed by atoms with Gasteiger partial charge < -0.3 is 9.80 Å². The Morgan fingerprint density at radius 1 is 1.08 bits per heavy atom. The second kappa shape index (κ2) is 7.13. The number of halogens is 1. The Morgan fingerprint density at radius 3 is 2.50 bits per heavy atom. The molecule has 1 heterocycles. The molecule has 0 atom stereocenters. The lowest BCUT2D eigenvalue weighted by molar-refractivity contribution is -0.880. The van der Waals surface area contributed by atoms with E-state index < -0.39 is 10.0 Å². The van der Waals surface area contributed by atoms with Gasteiger partial charge in [0.15, 0.2) is 0 Å². The minimum Gasteiger partial charge on any atom is -0.359 e. The summed E-state index contributed by atoms with van der Waals surface area (Å²) in [5, 5.41) is 0. The topological polar surface area (TPSA) is 53.9 Å². The zero-order valence-electron chi connectivity index (χ0n) is 13.5. The van der Waals surface area contributed by atoms with Gasteiger partial charge in [-0.3, -0.25) is 4.72 Å². The molecule has 1 fully saturated rings. The fraction of sp³-hybridized carbons (Fsp3) is 0.294. The van der Waals surface area contributed by atoms with E-state index in [1.807, 2.05) is 24.3 Å². The molecule has 128 valence electrons. The van der Waals surface area contributed by atoms with E-state index in [-0.39, 0.29) is 4.90 Å². The molecule has 0 amide bonds. The summed E-state index contributed by atoms with van der Waals surface area (Å²) in [4.78, 5) is 3.99. The number of benzene rings is 2. The molecule has 24 heavy (non-hydrogen) atoms. The molecule has 0 spiro atoms. The third-order valence-corrected chi connectivity index (χ3v) is 6.07. The minimum atomic E-state index is -3.62. The smallest absolute Gasteiger partial charge is 0.262 e. The first-order valence-electron chi connectivity index (χ1n) is 7.89. The number of para-hydroxylation sites is 2. The molecule has 2 N–H and O–H groups in total. The van der Waals surface area contributed by atoms with Crippen LogP contribution in [0.2, 0.25) is 0 Å². The molecule has 1 aliphatic heterocycles. The third kappa shape index (κ3) is 3.91. The zero-order valence-corrected chi connectivity index (χ0v) is 15.9.